The summed E-state index contributed by atoms with van der Waals surface area (Å²) in [4.78, 5) is 15.5. The van der Waals surface area contributed by atoms with Gasteiger partial charge in [-0.3, -0.25) is 0 Å². The number of halogens is 2. The number of H-pyrrole nitrogens is 1. The van der Waals surface area contributed by atoms with Gasteiger partial charge in [0.15, 0.2) is 11.5 Å². The van der Waals surface area contributed by atoms with Gasteiger partial charge in [0.1, 0.15) is 23.4 Å². The fourth-order valence-electron chi connectivity index (χ4n) is 3.40. The Bertz CT molecular complexity index is 1180. The molecule has 0 aliphatic carbocycles. The molecule has 0 amide bonds. The van der Waals surface area contributed by atoms with Gasteiger partial charge in [0.25, 0.3) is 0 Å². The smallest absolute Gasteiger partial charge is 0.182 e. The number of fused-ring (bicyclic) bond motifs is 1. The van der Waals surface area contributed by atoms with E-state index in [1.807, 2.05) is 19.1 Å². The number of aromatic nitrogens is 4. The van der Waals surface area contributed by atoms with Gasteiger partial charge in [0.05, 0.1) is 13.4 Å². The molecule has 0 spiro atoms. The maximum Gasteiger partial charge on any atom is 0.182 e. The molecule has 29 heavy (non-hydrogen) atoms. The number of anilines is 1. The molecule has 8 heteroatoms. The standard InChI is InChI=1S/C21H19ClFN5O/c1-12-16(22)9-14(19(29-2)17(12)13-4-3-5-15(23)8-13)6-7-24-20-18-21(26-10-25-18)28-11-27-20/h3-5,8-11H,6-7H2,1-2H3,(H2,24,25,26,27,28). The Morgan fingerprint density at radius 2 is 2.07 bits per heavy atom. The topological polar surface area (TPSA) is 75.7 Å². The Labute approximate surface area is 172 Å². The molecule has 0 bridgehead atoms. The van der Waals surface area contributed by atoms with Crippen molar-refractivity contribution in [2.75, 3.05) is 19.0 Å². The predicted octanol–water partition coefficient (Wildman–Crippen LogP) is 4.78. The first-order chi connectivity index (χ1) is 14.1. The van der Waals surface area contributed by atoms with E-state index in [9.17, 15) is 4.39 Å². The Kier molecular flexibility index (Phi) is 5.31. The number of ether oxygens (including phenoxy) is 1. The molecule has 0 radical (unpaired) electrons. The van der Waals surface area contributed by atoms with Crippen LogP contribution >= 0.6 is 11.6 Å². The average Bonchev–Trinajstić information content (AvgIpc) is 3.20. The van der Waals surface area contributed by atoms with Gasteiger partial charge in [-0.25, -0.2) is 19.3 Å². The Morgan fingerprint density at radius 1 is 1.21 bits per heavy atom. The predicted molar refractivity (Wildman–Crippen MR) is 112 cm³/mol. The van der Waals surface area contributed by atoms with Gasteiger partial charge in [-0.05, 0) is 48.2 Å². The number of hydrogen-bond acceptors (Lipinski definition) is 5. The van der Waals surface area contributed by atoms with E-state index in [4.69, 9.17) is 16.3 Å². The van der Waals surface area contributed by atoms with E-state index in [0.717, 1.165) is 27.8 Å². The summed E-state index contributed by atoms with van der Waals surface area (Å²) in [5, 5.41) is 3.90. The van der Waals surface area contributed by atoms with Gasteiger partial charge in [-0.15, -0.1) is 0 Å². The Hall–Kier alpha value is -3.19. The second-order valence-electron chi connectivity index (χ2n) is 6.56. The molecule has 2 heterocycles. The van der Waals surface area contributed by atoms with Gasteiger partial charge < -0.3 is 15.0 Å². The Balaban J connectivity index is 1.64. The summed E-state index contributed by atoms with van der Waals surface area (Å²) in [5.41, 5.74) is 4.65. The van der Waals surface area contributed by atoms with Crippen LogP contribution in [0, 0.1) is 12.7 Å². The van der Waals surface area contributed by atoms with Crippen LogP contribution in [0.5, 0.6) is 5.75 Å². The van der Waals surface area contributed by atoms with E-state index in [2.05, 4.69) is 25.3 Å². The van der Waals surface area contributed by atoms with E-state index in [-0.39, 0.29) is 5.82 Å². The number of nitrogens with zero attached hydrogens (tertiary/aromatic N) is 3. The lowest BCUT2D eigenvalue weighted by Crippen LogP contribution is -2.09. The summed E-state index contributed by atoms with van der Waals surface area (Å²) in [6.07, 6.45) is 3.68. The average molecular weight is 412 g/mol. The van der Waals surface area contributed by atoms with E-state index in [0.29, 0.717) is 35.2 Å². The zero-order valence-corrected chi connectivity index (χ0v) is 16.7. The van der Waals surface area contributed by atoms with Crippen LogP contribution in [-0.2, 0) is 6.42 Å². The first-order valence-electron chi connectivity index (χ1n) is 9.08. The highest BCUT2D eigenvalue weighted by atomic mass is 35.5. The van der Waals surface area contributed by atoms with Crippen molar-refractivity contribution in [2.24, 2.45) is 0 Å². The lowest BCUT2D eigenvalue weighted by atomic mass is 9.95. The molecule has 6 nitrogen and oxygen atoms in total. The quantitative estimate of drug-likeness (QED) is 0.477. The van der Waals surface area contributed by atoms with E-state index >= 15 is 0 Å². The first kappa shape index (κ1) is 19.1. The zero-order valence-electron chi connectivity index (χ0n) is 16.0. The van der Waals surface area contributed by atoms with Crippen LogP contribution in [-0.4, -0.2) is 33.6 Å². The number of imidazole rings is 1. The van der Waals surface area contributed by atoms with Crippen LogP contribution in [0.3, 0.4) is 0 Å². The van der Waals surface area contributed by atoms with E-state index in [1.54, 1.807) is 19.5 Å². The van der Waals surface area contributed by atoms with Crippen LogP contribution in [0.1, 0.15) is 11.1 Å². The van der Waals surface area contributed by atoms with E-state index in [1.165, 1.54) is 18.5 Å². The van der Waals surface area contributed by atoms with Crippen molar-refractivity contribution >= 4 is 28.6 Å². The lowest BCUT2D eigenvalue weighted by molar-refractivity contribution is 0.411. The van der Waals surface area contributed by atoms with E-state index < -0.39 is 0 Å². The third-order valence-electron chi connectivity index (χ3n) is 4.78. The summed E-state index contributed by atoms with van der Waals surface area (Å²) >= 11 is 6.49. The fourth-order valence-corrected chi connectivity index (χ4v) is 3.63. The number of aromatic amines is 1. The highest BCUT2D eigenvalue weighted by molar-refractivity contribution is 6.32. The van der Waals surface area contributed by atoms with Crippen LogP contribution < -0.4 is 10.1 Å². The monoisotopic (exact) mass is 411 g/mol. The van der Waals surface area contributed by atoms with Crippen molar-refractivity contribution in [3.05, 3.63) is 65.0 Å². The number of rotatable bonds is 6. The molecule has 0 aliphatic rings. The number of nitrogens with one attached hydrogen (secondary N) is 2. The molecule has 0 fully saturated rings. The third kappa shape index (κ3) is 3.73. The van der Waals surface area contributed by atoms with Gasteiger partial charge >= 0.3 is 0 Å². The van der Waals surface area contributed by atoms with Gasteiger partial charge in [-0.2, -0.15) is 0 Å². The maximum atomic E-state index is 13.8. The summed E-state index contributed by atoms with van der Waals surface area (Å²) in [6.45, 7) is 2.49. The van der Waals surface area contributed by atoms with Gasteiger partial charge in [-0.1, -0.05) is 23.7 Å². The second-order valence-corrected chi connectivity index (χ2v) is 6.97. The van der Waals surface area contributed by atoms with Gasteiger partial charge in [0, 0.05) is 17.1 Å². The first-order valence-corrected chi connectivity index (χ1v) is 9.46. The van der Waals surface area contributed by atoms with Gasteiger partial charge in [0.2, 0.25) is 0 Å². The molecule has 2 N–H and O–H groups in total. The molecule has 2 aromatic carbocycles. The minimum absolute atomic E-state index is 0.306. The van der Waals surface area contributed by atoms with Crippen molar-refractivity contribution < 1.29 is 9.13 Å². The van der Waals surface area contributed by atoms with Crippen molar-refractivity contribution in [3.8, 4) is 16.9 Å². The largest absolute Gasteiger partial charge is 0.496 e. The van der Waals surface area contributed by atoms with Crippen molar-refractivity contribution in [2.45, 2.75) is 13.3 Å². The highest BCUT2D eigenvalue weighted by Crippen LogP contribution is 2.40. The normalized spacial score (nSPS) is 11.0. The molecule has 0 unspecified atom stereocenters. The SMILES string of the molecule is COc1c(CCNc2ncnc3nc[nH]c23)cc(Cl)c(C)c1-c1cccc(F)c1. The van der Waals surface area contributed by atoms with Crippen molar-refractivity contribution in [3.63, 3.8) is 0 Å². The molecular formula is C21H19ClFN5O. The summed E-state index contributed by atoms with van der Waals surface area (Å²) in [7, 11) is 1.61. The minimum atomic E-state index is -0.306. The lowest BCUT2D eigenvalue weighted by Gasteiger charge is -2.18. The molecule has 148 valence electrons. The summed E-state index contributed by atoms with van der Waals surface area (Å²) < 4.78 is 19.5. The van der Waals surface area contributed by atoms with Crippen LogP contribution in [0.15, 0.2) is 43.0 Å². The number of methoxy groups -OCH3 is 1. The molecule has 0 atom stereocenters. The highest BCUT2D eigenvalue weighted by Gasteiger charge is 2.18. The fraction of sp³-hybridized carbons (Fsp3) is 0.190. The molecule has 0 saturated heterocycles. The summed E-state index contributed by atoms with van der Waals surface area (Å²) in [6, 6.07) is 8.32. The second kappa shape index (κ2) is 8.05. The molecule has 0 saturated carbocycles. The third-order valence-corrected chi connectivity index (χ3v) is 5.17. The van der Waals surface area contributed by atoms with Crippen molar-refractivity contribution in [1.29, 1.82) is 0 Å². The number of benzene rings is 2. The Morgan fingerprint density at radius 3 is 2.86 bits per heavy atom. The molecule has 4 rings (SSSR count). The zero-order chi connectivity index (χ0) is 20.4. The van der Waals surface area contributed by atoms with Crippen LogP contribution in [0.2, 0.25) is 5.02 Å². The minimum Gasteiger partial charge on any atom is -0.496 e. The molecule has 4 aromatic rings. The van der Waals surface area contributed by atoms with Crippen molar-refractivity contribution in [1.82, 2.24) is 19.9 Å². The van der Waals surface area contributed by atoms with Crippen LogP contribution in [0.25, 0.3) is 22.3 Å². The molecular weight excluding hydrogens is 393 g/mol. The van der Waals surface area contributed by atoms with Crippen LogP contribution in [0.4, 0.5) is 10.2 Å². The molecule has 0 aliphatic heterocycles. The number of hydrogen-bond donors (Lipinski definition) is 2. The molecule has 2 aromatic heterocycles. The maximum absolute atomic E-state index is 13.8. The summed E-state index contributed by atoms with van der Waals surface area (Å²) in [5.74, 6) is 1.06.